The highest BCUT2D eigenvalue weighted by atomic mass is 16.6. The number of aryl methyl sites for hydroxylation is 1. The Morgan fingerprint density at radius 2 is 1.49 bits per heavy atom. The van der Waals surface area contributed by atoms with E-state index in [2.05, 4.69) is 29.6 Å². The number of unbranched alkanes of at least 4 members (excludes halogenated alkanes) is 1. The van der Waals surface area contributed by atoms with E-state index in [0.29, 0.717) is 38.0 Å². The number of hydrogen-bond acceptors (Lipinski definition) is 4. The van der Waals surface area contributed by atoms with Crippen molar-refractivity contribution < 1.29 is 19.1 Å². The molecule has 0 bridgehead atoms. The maximum atomic E-state index is 14.1. The molecule has 1 aromatic heterocycles. The van der Waals surface area contributed by atoms with Crippen molar-refractivity contribution in [1.29, 1.82) is 0 Å². The van der Waals surface area contributed by atoms with Crippen molar-refractivity contribution in [3.8, 4) is 5.69 Å². The largest absolute Gasteiger partial charge is 0.444 e. The topological polar surface area (TPSA) is 83.9 Å². The fourth-order valence-electron chi connectivity index (χ4n) is 6.04. The third-order valence-corrected chi connectivity index (χ3v) is 8.47. The fraction of sp³-hybridized carbons (Fsp3) is 0.359. The van der Waals surface area contributed by atoms with Gasteiger partial charge in [-0.1, -0.05) is 60.7 Å². The van der Waals surface area contributed by atoms with E-state index in [1.165, 1.54) is 5.56 Å². The lowest BCUT2D eigenvalue weighted by Gasteiger charge is -2.42. The van der Waals surface area contributed by atoms with Crippen LogP contribution in [0.4, 0.5) is 10.5 Å². The zero-order chi connectivity index (χ0) is 33.4. The van der Waals surface area contributed by atoms with Crippen LogP contribution in [-0.2, 0) is 22.4 Å². The van der Waals surface area contributed by atoms with E-state index in [-0.39, 0.29) is 23.9 Å². The Morgan fingerprint density at radius 1 is 0.830 bits per heavy atom. The molecule has 1 aliphatic heterocycles. The minimum Gasteiger partial charge on any atom is -0.444 e. The predicted molar refractivity (Wildman–Crippen MR) is 186 cm³/mol. The van der Waals surface area contributed by atoms with Crippen LogP contribution >= 0.6 is 0 Å². The van der Waals surface area contributed by atoms with E-state index >= 15 is 0 Å². The lowest BCUT2D eigenvalue weighted by atomic mass is 10.0. The van der Waals surface area contributed by atoms with Crippen LogP contribution in [0.25, 0.3) is 5.69 Å². The minimum absolute atomic E-state index is 0.00709. The SMILES string of the molecule is Cc1c(C(=O)N2CCN(C(=O)OC(C)(C)C)CC2Cc2ccccc2)ccn1-c1ccc(NC(=O)CCCCc2ccccc2)cc1. The Morgan fingerprint density at radius 3 is 2.15 bits per heavy atom. The summed E-state index contributed by atoms with van der Waals surface area (Å²) in [6.07, 6.45) is 5.44. The summed E-state index contributed by atoms with van der Waals surface area (Å²) in [5.41, 5.74) is 4.91. The smallest absolute Gasteiger partial charge is 0.410 e. The summed E-state index contributed by atoms with van der Waals surface area (Å²) in [5, 5.41) is 3.00. The van der Waals surface area contributed by atoms with Gasteiger partial charge in [0.15, 0.2) is 0 Å². The number of carbonyl (C=O) groups is 3. The molecule has 5 rings (SSSR count). The normalized spacial score (nSPS) is 14.9. The van der Waals surface area contributed by atoms with Gasteiger partial charge >= 0.3 is 6.09 Å². The minimum atomic E-state index is -0.592. The van der Waals surface area contributed by atoms with Gasteiger partial charge in [0.25, 0.3) is 5.91 Å². The molecule has 1 atom stereocenters. The molecule has 1 aliphatic rings. The standard InChI is InChI=1S/C39H46N4O4/c1-29-35(37(45)43-26-25-41(38(46)47-39(2,3)4)28-34(43)27-31-16-9-6-10-17-31)23-24-42(29)33-21-19-32(20-22-33)40-36(44)18-12-11-15-30-13-7-5-8-14-30/h5-10,13-14,16-17,19-24,34H,11-12,15,18,25-28H2,1-4H3,(H,40,44). The maximum Gasteiger partial charge on any atom is 0.410 e. The Bertz CT molecular complexity index is 1640. The molecule has 0 aliphatic carbocycles. The number of anilines is 1. The second kappa shape index (κ2) is 15.2. The predicted octanol–water partition coefficient (Wildman–Crippen LogP) is 7.44. The Hall–Kier alpha value is -4.85. The highest BCUT2D eigenvalue weighted by molar-refractivity contribution is 5.96. The molecule has 0 radical (unpaired) electrons. The van der Waals surface area contributed by atoms with Crippen LogP contribution in [-0.4, -0.2) is 63.6 Å². The zero-order valence-corrected chi connectivity index (χ0v) is 27.9. The molecule has 2 heterocycles. The molecular weight excluding hydrogens is 588 g/mol. The van der Waals surface area contributed by atoms with Crippen LogP contribution in [0.2, 0.25) is 0 Å². The number of hydrogen-bond donors (Lipinski definition) is 1. The van der Waals surface area contributed by atoms with Crippen molar-refractivity contribution >= 4 is 23.6 Å². The van der Waals surface area contributed by atoms with E-state index in [1.54, 1.807) is 4.90 Å². The first-order chi connectivity index (χ1) is 22.6. The molecule has 1 fully saturated rings. The number of amides is 3. The molecule has 8 heteroatoms. The number of piperazine rings is 1. The van der Waals surface area contributed by atoms with Gasteiger partial charge in [0, 0.05) is 49.3 Å². The summed E-state index contributed by atoms with van der Waals surface area (Å²) in [7, 11) is 0. The molecule has 0 saturated carbocycles. The van der Waals surface area contributed by atoms with Crippen molar-refractivity contribution in [2.24, 2.45) is 0 Å². The van der Waals surface area contributed by atoms with Crippen LogP contribution < -0.4 is 5.32 Å². The van der Waals surface area contributed by atoms with Gasteiger partial charge in [0.1, 0.15) is 5.60 Å². The molecule has 47 heavy (non-hydrogen) atoms. The number of ether oxygens (including phenoxy) is 1. The van der Waals surface area contributed by atoms with Gasteiger partial charge in [-0.05, 0) is 94.8 Å². The first-order valence-corrected chi connectivity index (χ1v) is 16.5. The highest BCUT2D eigenvalue weighted by Gasteiger charge is 2.35. The van der Waals surface area contributed by atoms with Crippen molar-refractivity contribution in [3.05, 3.63) is 120 Å². The number of benzene rings is 3. The molecule has 3 amide bonds. The van der Waals surface area contributed by atoms with Crippen LogP contribution in [0.1, 0.15) is 67.2 Å². The first-order valence-electron chi connectivity index (χ1n) is 16.5. The van der Waals surface area contributed by atoms with Gasteiger partial charge in [0.05, 0.1) is 11.6 Å². The molecule has 1 saturated heterocycles. The average molecular weight is 635 g/mol. The van der Waals surface area contributed by atoms with Crippen molar-refractivity contribution in [2.75, 3.05) is 25.0 Å². The molecule has 0 spiro atoms. The summed E-state index contributed by atoms with van der Waals surface area (Å²) in [6, 6.07) is 29.7. The Labute approximate surface area is 278 Å². The Balaban J connectivity index is 1.22. The van der Waals surface area contributed by atoms with Gasteiger partial charge < -0.3 is 24.4 Å². The molecule has 1 N–H and O–H groups in total. The third-order valence-electron chi connectivity index (χ3n) is 8.47. The molecule has 1 unspecified atom stereocenters. The number of nitrogens with one attached hydrogen (secondary N) is 1. The van der Waals surface area contributed by atoms with Crippen LogP contribution in [0.3, 0.4) is 0 Å². The van der Waals surface area contributed by atoms with E-state index in [4.69, 9.17) is 4.74 Å². The lowest BCUT2D eigenvalue weighted by molar-refractivity contribution is -0.116. The monoisotopic (exact) mass is 634 g/mol. The maximum absolute atomic E-state index is 14.1. The van der Waals surface area contributed by atoms with E-state index in [1.807, 2.05) is 110 Å². The summed E-state index contributed by atoms with van der Waals surface area (Å²) in [6.45, 7) is 8.75. The summed E-state index contributed by atoms with van der Waals surface area (Å²) < 4.78 is 7.64. The van der Waals surface area contributed by atoms with Gasteiger partial charge in [-0.3, -0.25) is 9.59 Å². The van der Waals surface area contributed by atoms with Crippen LogP contribution in [0, 0.1) is 6.92 Å². The zero-order valence-electron chi connectivity index (χ0n) is 27.9. The first kappa shape index (κ1) is 33.5. The summed E-state index contributed by atoms with van der Waals surface area (Å²) in [4.78, 5) is 43.2. The lowest BCUT2D eigenvalue weighted by Crippen LogP contribution is -2.58. The number of nitrogens with zero attached hydrogens (tertiary/aromatic N) is 3. The van der Waals surface area contributed by atoms with Gasteiger partial charge in [-0.25, -0.2) is 4.79 Å². The average Bonchev–Trinajstić information content (AvgIpc) is 3.44. The van der Waals surface area contributed by atoms with Gasteiger partial charge in [-0.15, -0.1) is 0 Å². The number of carbonyl (C=O) groups excluding carboxylic acids is 3. The van der Waals surface area contributed by atoms with E-state index in [9.17, 15) is 14.4 Å². The van der Waals surface area contributed by atoms with Crippen molar-refractivity contribution in [1.82, 2.24) is 14.4 Å². The molecule has 8 nitrogen and oxygen atoms in total. The fourth-order valence-corrected chi connectivity index (χ4v) is 6.04. The number of rotatable bonds is 10. The molecule has 3 aromatic carbocycles. The van der Waals surface area contributed by atoms with E-state index in [0.717, 1.165) is 41.9 Å². The van der Waals surface area contributed by atoms with Crippen LogP contribution in [0.15, 0.2) is 97.2 Å². The second-order valence-corrected chi connectivity index (χ2v) is 13.2. The summed E-state index contributed by atoms with van der Waals surface area (Å²) >= 11 is 0. The van der Waals surface area contributed by atoms with Crippen LogP contribution in [0.5, 0.6) is 0 Å². The second-order valence-electron chi connectivity index (χ2n) is 13.2. The molecule has 246 valence electrons. The summed E-state index contributed by atoms with van der Waals surface area (Å²) in [5.74, 6) is -0.0465. The van der Waals surface area contributed by atoms with Crippen molar-refractivity contribution in [3.63, 3.8) is 0 Å². The van der Waals surface area contributed by atoms with E-state index < -0.39 is 5.60 Å². The quantitative estimate of drug-likeness (QED) is 0.184. The Kier molecular flexibility index (Phi) is 10.8. The third kappa shape index (κ3) is 9.12. The van der Waals surface area contributed by atoms with Gasteiger partial charge in [0.2, 0.25) is 5.91 Å². The molecular formula is C39H46N4O4. The molecule has 4 aromatic rings. The van der Waals surface area contributed by atoms with Crippen molar-refractivity contribution in [2.45, 2.75) is 71.4 Å². The number of aromatic nitrogens is 1. The highest BCUT2D eigenvalue weighted by Crippen LogP contribution is 2.24. The van der Waals surface area contributed by atoms with Gasteiger partial charge in [-0.2, -0.15) is 0 Å².